The van der Waals surface area contributed by atoms with Gasteiger partial charge in [-0.25, -0.2) is 14.2 Å². The summed E-state index contributed by atoms with van der Waals surface area (Å²) >= 11 is 4.74. The van der Waals surface area contributed by atoms with Gasteiger partial charge in [-0.1, -0.05) is 83.6 Å². The van der Waals surface area contributed by atoms with Gasteiger partial charge in [-0.2, -0.15) is 0 Å². The second kappa shape index (κ2) is 12.6. The average molecular weight is 650 g/mol. The minimum absolute atomic E-state index is 0.0326. The van der Waals surface area contributed by atoms with E-state index in [-0.39, 0.29) is 24.6 Å². The van der Waals surface area contributed by atoms with Gasteiger partial charge in [-0.15, -0.1) is 0 Å². The molecule has 3 aromatic carbocycles. The minimum Gasteiger partial charge on any atom is -0.488 e. The summed E-state index contributed by atoms with van der Waals surface area (Å²) in [6.45, 7) is 7.98. The highest BCUT2D eigenvalue weighted by Gasteiger charge is 2.33. The maximum Gasteiger partial charge on any atom is 0.338 e. The van der Waals surface area contributed by atoms with Crippen LogP contribution < -0.4 is 19.6 Å². The molecular formula is C33H30BrFN2O4S. The third kappa shape index (κ3) is 6.03. The molecule has 216 valence electrons. The average Bonchev–Trinajstić information content (AvgIpc) is 3.26. The van der Waals surface area contributed by atoms with E-state index in [0.717, 1.165) is 15.6 Å². The number of nitrogens with zero attached hydrogens (tertiary/aromatic N) is 2. The molecule has 0 radical (unpaired) electrons. The number of thiazole rings is 1. The number of allylic oxidation sites excluding steroid dienone is 1. The van der Waals surface area contributed by atoms with Gasteiger partial charge in [0.05, 0.1) is 28.5 Å². The van der Waals surface area contributed by atoms with E-state index in [0.29, 0.717) is 43.4 Å². The molecule has 6 nitrogen and oxygen atoms in total. The van der Waals surface area contributed by atoms with E-state index in [1.54, 1.807) is 48.8 Å². The minimum atomic E-state index is -0.692. The maximum atomic E-state index is 14.2. The van der Waals surface area contributed by atoms with Gasteiger partial charge in [0.15, 0.2) is 4.80 Å². The molecule has 5 rings (SSSR count). The van der Waals surface area contributed by atoms with Crippen molar-refractivity contribution >= 4 is 39.3 Å². The first kappa shape index (κ1) is 29.7. The number of fused-ring (bicyclic) bond motifs is 1. The van der Waals surface area contributed by atoms with Crippen LogP contribution in [0.2, 0.25) is 0 Å². The van der Waals surface area contributed by atoms with Crippen molar-refractivity contribution in [2.45, 2.75) is 46.3 Å². The molecule has 1 aliphatic heterocycles. The van der Waals surface area contributed by atoms with E-state index in [1.807, 2.05) is 36.4 Å². The fraction of sp³-hybridized carbons (Fsp3) is 0.242. The highest BCUT2D eigenvalue weighted by atomic mass is 79.9. The lowest BCUT2D eigenvalue weighted by atomic mass is 9.93. The molecule has 42 heavy (non-hydrogen) atoms. The lowest BCUT2D eigenvalue weighted by molar-refractivity contribution is -0.139. The van der Waals surface area contributed by atoms with E-state index in [9.17, 15) is 14.0 Å². The highest BCUT2D eigenvalue weighted by molar-refractivity contribution is 9.10. The first-order valence-electron chi connectivity index (χ1n) is 13.6. The molecule has 1 aliphatic rings. The zero-order valence-corrected chi connectivity index (χ0v) is 26.1. The Morgan fingerprint density at radius 1 is 1.14 bits per heavy atom. The van der Waals surface area contributed by atoms with Crippen LogP contribution in [0.1, 0.15) is 61.9 Å². The van der Waals surface area contributed by atoms with Crippen LogP contribution in [0.3, 0.4) is 0 Å². The van der Waals surface area contributed by atoms with Gasteiger partial charge in [0.25, 0.3) is 5.56 Å². The van der Waals surface area contributed by atoms with Crippen LogP contribution in [0.25, 0.3) is 6.08 Å². The van der Waals surface area contributed by atoms with Crippen LogP contribution in [-0.2, 0) is 16.1 Å². The third-order valence-electron chi connectivity index (χ3n) is 7.04. The van der Waals surface area contributed by atoms with Gasteiger partial charge < -0.3 is 9.47 Å². The van der Waals surface area contributed by atoms with Crippen molar-refractivity contribution in [1.82, 2.24) is 4.57 Å². The molecule has 0 bridgehead atoms. The fourth-order valence-corrected chi connectivity index (χ4v) is 6.26. The van der Waals surface area contributed by atoms with Gasteiger partial charge in [-0.3, -0.25) is 9.36 Å². The lowest BCUT2D eigenvalue weighted by Gasteiger charge is -2.25. The Labute approximate surface area is 255 Å². The van der Waals surface area contributed by atoms with Crippen molar-refractivity contribution in [1.29, 1.82) is 0 Å². The topological polar surface area (TPSA) is 69.9 Å². The van der Waals surface area contributed by atoms with E-state index >= 15 is 0 Å². The number of rotatable bonds is 8. The number of esters is 1. The lowest BCUT2D eigenvalue weighted by Crippen LogP contribution is -2.39. The standard InChI is InChI=1S/C33H30BrFN2O4S/c1-5-40-32(39)29-20(4)36-33-37(30(29)22-12-10-21(11-13-22)19(2)3)31(38)28(42-33)17-24-16-25(34)14-15-27(24)41-18-23-8-6-7-9-26(23)35/h6-17,19,30H,5,18H2,1-4H3/b28-17+. The molecule has 4 aromatic rings. The molecule has 0 fully saturated rings. The highest BCUT2D eigenvalue weighted by Crippen LogP contribution is 2.32. The second-order valence-electron chi connectivity index (χ2n) is 10.2. The van der Waals surface area contributed by atoms with E-state index in [1.165, 1.54) is 17.4 Å². The van der Waals surface area contributed by atoms with Crippen LogP contribution in [0, 0.1) is 5.82 Å². The van der Waals surface area contributed by atoms with Crippen molar-refractivity contribution in [2.24, 2.45) is 4.99 Å². The number of ether oxygens (including phenoxy) is 2. The fourth-order valence-electron chi connectivity index (χ4n) is 4.85. The summed E-state index contributed by atoms with van der Waals surface area (Å²) in [7, 11) is 0. The largest absolute Gasteiger partial charge is 0.488 e. The Hall–Kier alpha value is -3.82. The zero-order valence-electron chi connectivity index (χ0n) is 23.7. The summed E-state index contributed by atoms with van der Waals surface area (Å²) in [6.07, 6.45) is 1.74. The number of benzene rings is 3. The first-order valence-corrected chi connectivity index (χ1v) is 15.2. The van der Waals surface area contributed by atoms with E-state index in [2.05, 4.69) is 34.8 Å². The summed E-state index contributed by atoms with van der Waals surface area (Å²) < 4.78 is 28.4. The van der Waals surface area contributed by atoms with Crippen LogP contribution >= 0.6 is 27.3 Å². The molecule has 0 N–H and O–H groups in total. The summed E-state index contributed by atoms with van der Waals surface area (Å²) in [4.78, 5) is 32.4. The molecule has 9 heteroatoms. The van der Waals surface area contributed by atoms with E-state index in [4.69, 9.17) is 9.47 Å². The summed E-state index contributed by atoms with van der Waals surface area (Å²) in [6, 6.07) is 19.1. The molecule has 0 spiro atoms. The Bertz CT molecular complexity index is 1860. The molecule has 1 atom stereocenters. The van der Waals surface area contributed by atoms with Gasteiger partial charge in [-0.05, 0) is 61.2 Å². The number of hydrogen-bond donors (Lipinski definition) is 0. The summed E-state index contributed by atoms with van der Waals surface area (Å²) in [5.74, 6) is -0.0141. The first-order chi connectivity index (χ1) is 20.2. The predicted octanol–water partition coefficient (Wildman–Crippen LogP) is 6.40. The van der Waals surface area contributed by atoms with E-state index < -0.39 is 12.0 Å². The Balaban J connectivity index is 1.62. The van der Waals surface area contributed by atoms with Crippen LogP contribution in [-0.4, -0.2) is 17.1 Å². The maximum absolute atomic E-state index is 14.2. The monoisotopic (exact) mass is 648 g/mol. The van der Waals surface area contributed by atoms with Crippen LogP contribution in [0.15, 0.2) is 92.3 Å². The molecule has 0 saturated carbocycles. The molecule has 1 unspecified atom stereocenters. The third-order valence-corrected chi connectivity index (χ3v) is 8.51. The van der Waals surface area contributed by atoms with Crippen molar-refractivity contribution in [2.75, 3.05) is 6.61 Å². The van der Waals surface area contributed by atoms with Crippen LogP contribution in [0.5, 0.6) is 5.75 Å². The van der Waals surface area contributed by atoms with Gasteiger partial charge in [0.2, 0.25) is 0 Å². The smallest absolute Gasteiger partial charge is 0.338 e. The second-order valence-corrected chi connectivity index (χ2v) is 12.1. The summed E-state index contributed by atoms with van der Waals surface area (Å²) in [5.41, 5.74) is 3.58. The molecule has 2 heterocycles. The molecular weight excluding hydrogens is 619 g/mol. The van der Waals surface area contributed by atoms with Crippen molar-refractivity contribution in [3.05, 3.63) is 130 Å². The number of halogens is 2. The number of carbonyl (C=O) groups is 1. The number of aromatic nitrogens is 1. The van der Waals surface area contributed by atoms with Gasteiger partial charge >= 0.3 is 5.97 Å². The van der Waals surface area contributed by atoms with Gasteiger partial charge in [0.1, 0.15) is 18.2 Å². The van der Waals surface area contributed by atoms with Crippen LogP contribution in [0.4, 0.5) is 4.39 Å². The Kier molecular flexibility index (Phi) is 8.89. The predicted molar refractivity (Wildman–Crippen MR) is 166 cm³/mol. The quantitative estimate of drug-likeness (QED) is 0.207. The number of carbonyl (C=O) groups excluding carboxylic acids is 1. The van der Waals surface area contributed by atoms with Crippen molar-refractivity contribution in [3.8, 4) is 5.75 Å². The molecule has 0 aliphatic carbocycles. The van der Waals surface area contributed by atoms with Crippen molar-refractivity contribution in [3.63, 3.8) is 0 Å². The molecule has 0 saturated heterocycles. The SMILES string of the molecule is CCOC(=O)C1=C(C)N=c2s/c(=C/c3cc(Br)ccc3OCc3ccccc3F)c(=O)n2C1c1ccc(C(C)C)cc1. The Morgan fingerprint density at radius 3 is 2.57 bits per heavy atom. The normalized spacial score (nSPS) is 15.0. The summed E-state index contributed by atoms with van der Waals surface area (Å²) in [5, 5.41) is 0. The molecule has 0 amide bonds. The molecule has 1 aromatic heterocycles. The zero-order chi connectivity index (χ0) is 30.0. The Morgan fingerprint density at radius 2 is 1.88 bits per heavy atom. The van der Waals surface area contributed by atoms with Gasteiger partial charge in [0, 0.05) is 15.6 Å². The number of hydrogen-bond acceptors (Lipinski definition) is 6. The van der Waals surface area contributed by atoms with Crippen molar-refractivity contribution < 1.29 is 18.7 Å².